The zero-order valence-corrected chi connectivity index (χ0v) is 11.0. The summed E-state index contributed by atoms with van der Waals surface area (Å²) in [6, 6.07) is 3.60. The fourth-order valence-corrected chi connectivity index (χ4v) is 2.20. The van der Waals surface area contributed by atoms with Crippen LogP contribution in [0.1, 0.15) is 30.9 Å². The number of aliphatic hydroxyl groups is 1. The molecule has 2 rings (SSSR count). The van der Waals surface area contributed by atoms with Gasteiger partial charge in [-0.05, 0) is 34.8 Å². The highest BCUT2D eigenvalue weighted by atomic mass is 79.9. The lowest BCUT2D eigenvalue weighted by molar-refractivity contribution is 0.157. The van der Waals surface area contributed by atoms with E-state index < -0.39 is 11.9 Å². The van der Waals surface area contributed by atoms with Crippen molar-refractivity contribution in [3.05, 3.63) is 28.0 Å². The second kappa shape index (κ2) is 5.33. The average molecular weight is 303 g/mol. The zero-order chi connectivity index (χ0) is 12.4. The normalized spacial score (nSPS) is 17.8. The molecule has 4 N–H and O–H groups in total. The van der Waals surface area contributed by atoms with Gasteiger partial charge in [-0.1, -0.05) is 12.5 Å². The summed E-state index contributed by atoms with van der Waals surface area (Å²) >= 11 is 3.07. The lowest BCUT2D eigenvalue weighted by Gasteiger charge is -2.27. The molecular weight excluding hydrogens is 287 g/mol. The van der Waals surface area contributed by atoms with Crippen LogP contribution < -0.4 is 11.1 Å². The van der Waals surface area contributed by atoms with Crippen LogP contribution in [-0.4, -0.2) is 17.7 Å². The van der Waals surface area contributed by atoms with E-state index in [2.05, 4.69) is 21.2 Å². The lowest BCUT2D eigenvalue weighted by Crippen LogP contribution is -2.37. The Bertz CT molecular complexity index is 410. The Morgan fingerprint density at radius 2 is 2.24 bits per heavy atom. The van der Waals surface area contributed by atoms with Crippen LogP contribution in [0.4, 0.5) is 10.1 Å². The molecule has 1 unspecified atom stereocenters. The molecule has 5 heteroatoms. The van der Waals surface area contributed by atoms with Gasteiger partial charge in [0.25, 0.3) is 0 Å². The quantitative estimate of drug-likeness (QED) is 0.748. The molecule has 1 fully saturated rings. The summed E-state index contributed by atoms with van der Waals surface area (Å²) in [6.07, 6.45) is 2.67. The second-order valence-electron chi connectivity index (χ2n) is 4.42. The minimum atomic E-state index is -0.840. The van der Waals surface area contributed by atoms with Gasteiger partial charge in [0.1, 0.15) is 5.82 Å². The zero-order valence-electron chi connectivity index (χ0n) is 9.42. The van der Waals surface area contributed by atoms with E-state index in [4.69, 9.17) is 5.73 Å². The van der Waals surface area contributed by atoms with E-state index in [-0.39, 0.29) is 10.0 Å². The number of hydrogen-bond acceptors (Lipinski definition) is 3. The molecule has 0 saturated heterocycles. The minimum Gasteiger partial charge on any atom is -0.398 e. The standard InChI is InChI=1S/C12H16BrFN2O/c13-11-9(15)5-4-8(12(11)14)10(17)6-16-7-2-1-3-7/h4-5,7,10,16-17H,1-3,6,15H2. The molecule has 1 atom stereocenters. The van der Waals surface area contributed by atoms with Gasteiger partial charge in [0.15, 0.2) is 0 Å². The molecule has 0 aliphatic heterocycles. The van der Waals surface area contributed by atoms with Crippen molar-refractivity contribution in [2.45, 2.75) is 31.4 Å². The van der Waals surface area contributed by atoms with Gasteiger partial charge in [-0.2, -0.15) is 0 Å². The molecule has 1 aliphatic rings. The molecule has 0 heterocycles. The van der Waals surface area contributed by atoms with Gasteiger partial charge >= 0.3 is 0 Å². The van der Waals surface area contributed by atoms with Crippen molar-refractivity contribution >= 4 is 21.6 Å². The number of nitrogen functional groups attached to an aromatic ring is 1. The maximum absolute atomic E-state index is 13.8. The van der Waals surface area contributed by atoms with Crippen molar-refractivity contribution in [1.82, 2.24) is 5.32 Å². The summed E-state index contributed by atoms with van der Waals surface area (Å²) in [5.41, 5.74) is 6.17. The van der Waals surface area contributed by atoms with Crippen LogP contribution in [0.5, 0.6) is 0 Å². The number of hydrogen-bond donors (Lipinski definition) is 3. The van der Waals surface area contributed by atoms with Gasteiger partial charge in [-0.3, -0.25) is 0 Å². The van der Waals surface area contributed by atoms with E-state index in [1.807, 2.05) is 0 Å². The van der Waals surface area contributed by atoms with Gasteiger partial charge in [-0.15, -0.1) is 0 Å². The van der Waals surface area contributed by atoms with E-state index in [1.165, 1.54) is 12.5 Å². The molecule has 1 saturated carbocycles. The number of rotatable bonds is 4. The first kappa shape index (κ1) is 12.8. The smallest absolute Gasteiger partial charge is 0.145 e. The van der Waals surface area contributed by atoms with Gasteiger partial charge in [0, 0.05) is 23.8 Å². The van der Waals surface area contributed by atoms with Crippen LogP contribution in [0.25, 0.3) is 0 Å². The van der Waals surface area contributed by atoms with Crippen LogP contribution in [0.2, 0.25) is 0 Å². The second-order valence-corrected chi connectivity index (χ2v) is 5.22. The third-order valence-electron chi connectivity index (χ3n) is 3.21. The Labute approximate surface area is 108 Å². The number of halogens is 2. The first-order chi connectivity index (χ1) is 8.09. The molecule has 1 aliphatic carbocycles. The first-order valence-electron chi connectivity index (χ1n) is 5.74. The van der Waals surface area contributed by atoms with Crippen LogP contribution in [0.3, 0.4) is 0 Å². The van der Waals surface area contributed by atoms with E-state index >= 15 is 0 Å². The maximum Gasteiger partial charge on any atom is 0.145 e. The highest BCUT2D eigenvalue weighted by molar-refractivity contribution is 9.10. The predicted molar refractivity (Wildman–Crippen MR) is 69.1 cm³/mol. The number of benzene rings is 1. The van der Waals surface area contributed by atoms with E-state index in [0.717, 1.165) is 12.8 Å². The fourth-order valence-electron chi connectivity index (χ4n) is 1.84. The van der Waals surface area contributed by atoms with Crippen molar-refractivity contribution in [2.75, 3.05) is 12.3 Å². The number of aliphatic hydroxyl groups excluding tert-OH is 1. The van der Waals surface area contributed by atoms with Crippen molar-refractivity contribution in [1.29, 1.82) is 0 Å². The van der Waals surface area contributed by atoms with Crippen molar-refractivity contribution in [2.24, 2.45) is 0 Å². The highest BCUT2D eigenvalue weighted by Crippen LogP contribution is 2.29. The summed E-state index contributed by atoms with van der Waals surface area (Å²) < 4.78 is 14.0. The lowest BCUT2D eigenvalue weighted by atomic mass is 9.93. The first-order valence-corrected chi connectivity index (χ1v) is 6.53. The SMILES string of the molecule is Nc1ccc(C(O)CNC2CCC2)c(F)c1Br. The van der Waals surface area contributed by atoms with Crippen LogP contribution in [0, 0.1) is 5.82 Å². The fraction of sp³-hybridized carbons (Fsp3) is 0.500. The van der Waals surface area contributed by atoms with Crippen molar-refractivity contribution < 1.29 is 9.50 Å². The molecule has 1 aromatic carbocycles. The van der Waals surface area contributed by atoms with Crippen LogP contribution in [-0.2, 0) is 0 Å². The third-order valence-corrected chi connectivity index (χ3v) is 4.01. The molecule has 3 nitrogen and oxygen atoms in total. The average Bonchev–Trinajstić information content (AvgIpc) is 2.24. The van der Waals surface area contributed by atoms with Gasteiger partial charge in [0.2, 0.25) is 0 Å². The van der Waals surface area contributed by atoms with Crippen molar-refractivity contribution in [3.8, 4) is 0 Å². The summed E-state index contributed by atoms with van der Waals surface area (Å²) in [5.74, 6) is -0.479. The Morgan fingerprint density at radius 3 is 2.82 bits per heavy atom. The van der Waals surface area contributed by atoms with E-state index in [1.54, 1.807) is 6.07 Å². The Morgan fingerprint density at radius 1 is 1.53 bits per heavy atom. The largest absolute Gasteiger partial charge is 0.398 e. The Kier molecular flexibility index (Phi) is 4.01. The summed E-state index contributed by atoms with van der Waals surface area (Å²) in [5, 5.41) is 13.1. The minimum absolute atomic E-state index is 0.220. The summed E-state index contributed by atoms with van der Waals surface area (Å²) in [6.45, 7) is 0.373. The number of nitrogens with one attached hydrogen (secondary N) is 1. The van der Waals surface area contributed by atoms with E-state index in [0.29, 0.717) is 18.3 Å². The molecule has 0 spiro atoms. The van der Waals surface area contributed by atoms with Gasteiger partial charge in [0.05, 0.1) is 10.6 Å². The predicted octanol–water partition coefficient (Wildman–Crippen LogP) is 2.35. The van der Waals surface area contributed by atoms with Gasteiger partial charge < -0.3 is 16.2 Å². The molecule has 0 aromatic heterocycles. The highest BCUT2D eigenvalue weighted by Gasteiger charge is 2.20. The molecule has 17 heavy (non-hydrogen) atoms. The molecule has 0 bridgehead atoms. The van der Waals surface area contributed by atoms with Crippen LogP contribution >= 0.6 is 15.9 Å². The summed E-state index contributed by atoms with van der Waals surface area (Å²) in [7, 11) is 0. The maximum atomic E-state index is 13.8. The summed E-state index contributed by atoms with van der Waals surface area (Å²) in [4.78, 5) is 0. The van der Waals surface area contributed by atoms with Crippen molar-refractivity contribution in [3.63, 3.8) is 0 Å². The third kappa shape index (κ3) is 2.78. The van der Waals surface area contributed by atoms with Crippen LogP contribution in [0.15, 0.2) is 16.6 Å². The molecule has 0 radical (unpaired) electrons. The molecule has 1 aromatic rings. The number of nitrogens with two attached hydrogens (primary N) is 1. The van der Waals surface area contributed by atoms with Gasteiger partial charge in [-0.25, -0.2) is 4.39 Å². The topological polar surface area (TPSA) is 58.3 Å². The van der Waals surface area contributed by atoms with E-state index in [9.17, 15) is 9.50 Å². The monoisotopic (exact) mass is 302 g/mol. The Balaban J connectivity index is 2.02. The molecule has 94 valence electrons. The Hall–Kier alpha value is -0.650. The molecule has 0 amide bonds. The molecular formula is C12H16BrFN2O. The number of anilines is 1.